The first-order valence-electron chi connectivity index (χ1n) is 9.18. The highest BCUT2D eigenvalue weighted by atomic mass is 32.2. The SMILES string of the molecule is CCS(=O)(=O)NCCCNC(=NC)NCCC(C)c1cccc(C(F)(F)F)c1. The Morgan fingerprint density at radius 3 is 2.46 bits per heavy atom. The van der Waals surface area contributed by atoms with Crippen LogP contribution in [0.4, 0.5) is 13.2 Å². The Morgan fingerprint density at radius 2 is 1.86 bits per heavy atom. The molecule has 1 aromatic rings. The van der Waals surface area contributed by atoms with E-state index in [0.717, 1.165) is 6.07 Å². The van der Waals surface area contributed by atoms with Gasteiger partial charge in [-0.25, -0.2) is 13.1 Å². The molecule has 0 aromatic heterocycles. The van der Waals surface area contributed by atoms with Crippen molar-refractivity contribution in [1.82, 2.24) is 15.4 Å². The lowest BCUT2D eigenvalue weighted by Gasteiger charge is -2.16. The molecular weight excluding hydrogens is 393 g/mol. The quantitative estimate of drug-likeness (QED) is 0.308. The number of hydrogen-bond acceptors (Lipinski definition) is 3. The molecule has 3 N–H and O–H groups in total. The standard InChI is InChI=1S/C18H29F3N4O2S/c1-4-28(26,27)25-11-6-10-23-17(22-3)24-12-9-14(2)15-7-5-8-16(13-15)18(19,20)21/h5,7-8,13-14,25H,4,6,9-12H2,1-3H3,(H2,22,23,24). The molecule has 0 heterocycles. The molecule has 28 heavy (non-hydrogen) atoms. The van der Waals surface area contributed by atoms with E-state index >= 15 is 0 Å². The van der Waals surface area contributed by atoms with Crippen LogP contribution in [0.25, 0.3) is 0 Å². The van der Waals surface area contributed by atoms with E-state index in [1.807, 2.05) is 6.92 Å². The third-order valence-electron chi connectivity index (χ3n) is 4.22. The van der Waals surface area contributed by atoms with Crippen LogP contribution in [0, 0.1) is 0 Å². The van der Waals surface area contributed by atoms with Crippen LogP contribution >= 0.6 is 0 Å². The molecule has 0 amide bonds. The minimum atomic E-state index is -4.34. The van der Waals surface area contributed by atoms with Gasteiger partial charge in [-0.15, -0.1) is 0 Å². The van der Waals surface area contributed by atoms with Gasteiger partial charge in [-0.3, -0.25) is 4.99 Å². The summed E-state index contributed by atoms with van der Waals surface area (Å²) in [4.78, 5) is 4.07. The number of alkyl halides is 3. The summed E-state index contributed by atoms with van der Waals surface area (Å²) in [6, 6.07) is 5.38. The second kappa shape index (κ2) is 11.3. The molecule has 0 aliphatic heterocycles. The summed E-state index contributed by atoms with van der Waals surface area (Å²) in [7, 11) is -1.57. The number of benzene rings is 1. The molecule has 0 spiro atoms. The highest BCUT2D eigenvalue weighted by molar-refractivity contribution is 7.89. The Hall–Kier alpha value is -1.81. The van der Waals surface area contributed by atoms with Crippen LogP contribution in [0.15, 0.2) is 29.3 Å². The first-order valence-corrected chi connectivity index (χ1v) is 10.8. The topological polar surface area (TPSA) is 82.6 Å². The zero-order chi connectivity index (χ0) is 21.2. The summed E-state index contributed by atoms with van der Waals surface area (Å²) in [6.45, 7) is 4.88. The van der Waals surface area contributed by atoms with E-state index in [-0.39, 0.29) is 11.7 Å². The van der Waals surface area contributed by atoms with Crippen molar-refractivity contribution in [3.8, 4) is 0 Å². The van der Waals surface area contributed by atoms with Crippen molar-refractivity contribution in [3.05, 3.63) is 35.4 Å². The van der Waals surface area contributed by atoms with Crippen molar-refractivity contribution < 1.29 is 21.6 Å². The van der Waals surface area contributed by atoms with Crippen LogP contribution in [0.5, 0.6) is 0 Å². The number of rotatable bonds is 10. The van der Waals surface area contributed by atoms with Crippen LogP contribution < -0.4 is 15.4 Å². The normalized spacial score (nSPS) is 14.0. The Morgan fingerprint density at radius 1 is 1.18 bits per heavy atom. The fourth-order valence-corrected chi connectivity index (χ4v) is 3.10. The van der Waals surface area contributed by atoms with Crippen molar-refractivity contribution in [2.45, 2.75) is 38.8 Å². The van der Waals surface area contributed by atoms with E-state index in [9.17, 15) is 21.6 Å². The van der Waals surface area contributed by atoms with Gasteiger partial charge in [0.25, 0.3) is 0 Å². The predicted molar refractivity (Wildman–Crippen MR) is 106 cm³/mol. The highest BCUT2D eigenvalue weighted by Crippen LogP contribution is 2.31. The van der Waals surface area contributed by atoms with Crippen LogP contribution in [0.1, 0.15) is 43.7 Å². The maximum atomic E-state index is 12.8. The molecule has 0 fully saturated rings. The number of hydrogen-bond donors (Lipinski definition) is 3. The molecule has 1 atom stereocenters. The molecule has 0 saturated heterocycles. The van der Waals surface area contributed by atoms with Gasteiger partial charge >= 0.3 is 6.18 Å². The van der Waals surface area contributed by atoms with Crippen LogP contribution in [-0.4, -0.2) is 46.8 Å². The van der Waals surface area contributed by atoms with Gasteiger partial charge in [0.15, 0.2) is 5.96 Å². The van der Waals surface area contributed by atoms with Gasteiger partial charge in [-0.1, -0.05) is 25.1 Å². The maximum Gasteiger partial charge on any atom is 0.416 e. The minimum absolute atomic E-state index is 0.0450. The van der Waals surface area contributed by atoms with E-state index in [4.69, 9.17) is 0 Å². The van der Waals surface area contributed by atoms with E-state index in [1.165, 1.54) is 12.1 Å². The smallest absolute Gasteiger partial charge is 0.356 e. The van der Waals surface area contributed by atoms with Crippen LogP contribution in [0.3, 0.4) is 0 Å². The lowest BCUT2D eigenvalue weighted by atomic mass is 9.96. The monoisotopic (exact) mass is 422 g/mol. The van der Waals surface area contributed by atoms with Gasteiger partial charge in [0.2, 0.25) is 10.0 Å². The Bertz CT molecular complexity index is 737. The molecular formula is C18H29F3N4O2S. The third-order valence-corrected chi connectivity index (χ3v) is 5.63. The summed E-state index contributed by atoms with van der Waals surface area (Å²) in [5.41, 5.74) is 0.00348. The van der Waals surface area contributed by atoms with Crippen molar-refractivity contribution in [2.75, 3.05) is 32.4 Å². The van der Waals surface area contributed by atoms with Gasteiger partial charge in [-0.05, 0) is 37.3 Å². The number of sulfonamides is 1. The lowest BCUT2D eigenvalue weighted by molar-refractivity contribution is -0.137. The third kappa shape index (κ3) is 8.92. The van der Waals surface area contributed by atoms with Gasteiger partial charge in [0, 0.05) is 26.7 Å². The summed E-state index contributed by atoms with van der Waals surface area (Å²) in [6.07, 6.45) is -3.11. The van der Waals surface area contributed by atoms with Gasteiger partial charge in [0.1, 0.15) is 0 Å². The minimum Gasteiger partial charge on any atom is -0.356 e. The molecule has 0 radical (unpaired) electrons. The molecule has 0 aliphatic rings. The first kappa shape index (κ1) is 24.2. The summed E-state index contributed by atoms with van der Waals surface area (Å²) in [5, 5.41) is 6.18. The average Bonchev–Trinajstić information content (AvgIpc) is 2.65. The molecule has 0 aliphatic carbocycles. The number of nitrogens with one attached hydrogen (secondary N) is 3. The van der Waals surface area contributed by atoms with Gasteiger partial charge in [-0.2, -0.15) is 13.2 Å². The molecule has 6 nitrogen and oxygen atoms in total. The summed E-state index contributed by atoms with van der Waals surface area (Å²) in [5.74, 6) is 0.569. The van der Waals surface area contributed by atoms with Crippen LogP contribution in [-0.2, 0) is 16.2 Å². The van der Waals surface area contributed by atoms with Crippen molar-refractivity contribution in [3.63, 3.8) is 0 Å². The molecule has 0 bridgehead atoms. The predicted octanol–water partition coefficient (Wildman–Crippen LogP) is 2.69. The van der Waals surface area contributed by atoms with Gasteiger partial charge < -0.3 is 10.6 Å². The van der Waals surface area contributed by atoms with Crippen molar-refractivity contribution in [2.24, 2.45) is 4.99 Å². The van der Waals surface area contributed by atoms with Gasteiger partial charge in [0.05, 0.1) is 11.3 Å². The lowest BCUT2D eigenvalue weighted by Crippen LogP contribution is -2.39. The second-order valence-corrected chi connectivity index (χ2v) is 8.49. The van der Waals surface area contributed by atoms with Crippen molar-refractivity contribution >= 4 is 16.0 Å². The zero-order valence-corrected chi connectivity index (χ0v) is 17.3. The number of aliphatic imine (C=N–C) groups is 1. The maximum absolute atomic E-state index is 12.8. The molecule has 160 valence electrons. The molecule has 10 heteroatoms. The van der Waals surface area contributed by atoms with E-state index < -0.39 is 21.8 Å². The van der Waals surface area contributed by atoms with Crippen LogP contribution in [0.2, 0.25) is 0 Å². The Kier molecular flexibility index (Phi) is 9.74. The molecule has 1 unspecified atom stereocenters. The zero-order valence-electron chi connectivity index (χ0n) is 16.4. The van der Waals surface area contributed by atoms with E-state index in [2.05, 4.69) is 20.3 Å². The number of nitrogens with zero attached hydrogens (tertiary/aromatic N) is 1. The number of guanidine groups is 1. The largest absolute Gasteiger partial charge is 0.416 e. The molecule has 0 saturated carbocycles. The molecule has 1 rings (SSSR count). The van der Waals surface area contributed by atoms with E-state index in [0.29, 0.717) is 44.0 Å². The average molecular weight is 423 g/mol. The number of halogens is 3. The fraction of sp³-hybridized carbons (Fsp3) is 0.611. The highest BCUT2D eigenvalue weighted by Gasteiger charge is 2.30. The molecule has 1 aromatic carbocycles. The summed E-state index contributed by atoms with van der Waals surface area (Å²) < 4.78 is 63.6. The Balaban J connectivity index is 2.37. The fourth-order valence-electron chi connectivity index (χ4n) is 2.44. The second-order valence-electron chi connectivity index (χ2n) is 6.39. The Labute approximate surface area is 165 Å². The van der Waals surface area contributed by atoms with Crippen molar-refractivity contribution in [1.29, 1.82) is 0 Å². The first-order chi connectivity index (χ1) is 13.1. The summed E-state index contributed by atoms with van der Waals surface area (Å²) >= 11 is 0. The van der Waals surface area contributed by atoms with E-state index in [1.54, 1.807) is 20.0 Å².